The third kappa shape index (κ3) is 3.14. The Morgan fingerprint density at radius 3 is 2.76 bits per heavy atom. The molecule has 2 rings (SSSR count). The quantitative estimate of drug-likeness (QED) is 0.849. The molecule has 1 heterocycles. The van der Waals surface area contributed by atoms with Crippen molar-refractivity contribution in [2.45, 2.75) is 20.0 Å². The van der Waals surface area contributed by atoms with E-state index in [0.29, 0.717) is 6.54 Å². The summed E-state index contributed by atoms with van der Waals surface area (Å²) >= 11 is 0. The molecule has 0 saturated heterocycles. The van der Waals surface area contributed by atoms with Crippen LogP contribution in [0.1, 0.15) is 11.3 Å². The lowest BCUT2D eigenvalue weighted by atomic mass is 10.2. The minimum atomic E-state index is -0.0672. The Morgan fingerprint density at radius 2 is 2.12 bits per heavy atom. The van der Waals surface area contributed by atoms with Crippen molar-refractivity contribution < 1.29 is 4.79 Å². The van der Waals surface area contributed by atoms with Crippen molar-refractivity contribution >= 4 is 5.91 Å². The molecule has 0 fully saturated rings. The second-order valence-corrected chi connectivity index (χ2v) is 3.80. The van der Waals surface area contributed by atoms with Crippen LogP contribution in [0.5, 0.6) is 0 Å². The van der Waals surface area contributed by atoms with Crippen molar-refractivity contribution in [3.63, 3.8) is 0 Å². The maximum Gasteiger partial charge on any atom is 0.242 e. The first-order valence-electron chi connectivity index (χ1n) is 5.41. The lowest BCUT2D eigenvalue weighted by molar-refractivity contribution is -0.122. The molecule has 2 aromatic rings. The van der Waals surface area contributed by atoms with Gasteiger partial charge in [-0.2, -0.15) is 0 Å². The average molecular weight is 230 g/mol. The van der Waals surface area contributed by atoms with Crippen LogP contribution in [-0.2, 0) is 17.9 Å². The van der Waals surface area contributed by atoms with Crippen LogP contribution in [0.3, 0.4) is 0 Å². The highest BCUT2D eigenvalue weighted by molar-refractivity contribution is 5.75. The molecule has 1 aromatic carbocycles. The van der Waals surface area contributed by atoms with Gasteiger partial charge in [-0.25, -0.2) is 4.68 Å². The van der Waals surface area contributed by atoms with E-state index in [2.05, 4.69) is 15.6 Å². The number of hydrogen-bond donors (Lipinski definition) is 1. The first kappa shape index (κ1) is 11.3. The number of aryl methyl sites for hydroxylation is 1. The summed E-state index contributed by atoms with van der Waals surface area (Å²) in [5.41, 5.74) is 1.95. The summed E-state index contributed by atoms with van der Waals surface area (Å²) in [6, 6.07) is 9.79. The second kappa shape index (κ2) is 5.25. The van der Waals surface area contributed by atoms with E-state index >= 15 is 0 Å². The summed E-state index contributed by atoms with van der Waals surface area (Å²) < 4.78 is 1.57. The molecular formula is C12H14N4O. The predicted molar refractivity (Wildman–Crippen MR) is 63.0 cm³/mol. The molecule has 1 aromatic heterocycles. The standard InChI is InChI=1S/C12H14N4O/c1-10-7-14-15-16(10)9-12(17)13-8-11-5-3-2-4-6-11/h2-7H,8-9H2,1H3,(H,13,17). The van der Waals surface area contributed by atoms with E-state index in [1.54, 1.807) is 10.9 Å². The molecule has 0 unspecified atom stereocenters. The van der Waals surface area contributed by atoms with Crippen LogP contribution in [0.2, 0.25) is 0 Å². The van der Waals surface area contributed by atoms with Crippen LogP contribution in [0, 0.1) is 6.92 Å². The van der Waals surface area contributed by atoms with E-state index in [1.807, 2.05) is 37.3 Å². The smallest absolute Gasteiger partial charge is 0.242 e. The van der Waals surface area contributed by atoms with Gasteiger partial charge in [0.1, 0.15) is 6.54 Å². The highest BCUT2D eigenvalue weighted by Crippen LogP contribution is 1.97. The molecule has 88 valence electrons. The number of carbonyl (C=O) groups is 1. The van der Waals surface area contributed by atoms with Gasteiger partial charge < -0.3 is 5.32 Å². The fraction of sp³-hybridized carbons (Fsp3) is 0.250. The molecule has 5 nitrogen and oxygen atoms in total. The molecule has 0 radical (unpaired) electrons. The summed E-state index contributed by atoms with van der Waals surface area (Å²) in [4.78, 5) is 11.6. The molecule has 0 aliphatic carbocycles. The highest BCUT2D eigenvalue weighted by atomic mass is 16.2. The molecule has 0 atom stereocenters. The molecule has 0 saturated carbocycles. The molecule has 0 bridgehead atoms. The summed E-state index contributed by atoms with van der Waals surface area (Å²) in [7, 11) is 0. The van der Waals surface area contributed by atoms with Gasteiger partial charge in [0.25, 0.3) is 0 Å². The number of hydrogen-bond acceptors (Lipinski definition) is 3. The predicted octanol–water partition coefficient (Wildman–Crippen LogP) is 0.903. The monoisotopic (exact) mass is 230 g/mol. The topological polar surface area (TPSA) is 59.8 Å². The van der Waals surface area contributed by atoms with Gasteiger partial charge >= 0.3 is 0 Å². The maximum atomic E-state index is 11.6. The Hall–Kier alpha value is -2.17. The van der Waals surface area contributed by atoms with Crippen LogP contribution in [0.15, 0.2) is 36.5 Å². The van der Waals surface area contributed by atoms with Gasteiger partial charge in [-0.05, 0) is 12.5 Å². The molecule has 17 heavy (non-hydrogen) atoms. The van der Waals surface area contributed by atoms with Gasteiger partial charge in [0.15, 0.2) is 0 Å². The molecule has 1 N–H and O–H groups in total. The minimum absolute atomic E-state index is 0.0672. The van der Waals surface area contributed by atoms with Crippen LogP contribution < -0.4 is 5.32 Å². The molecule has 0 aliphatic heterocycles. The highest BCUT2D eigenvalue weighted by Gasteiger charge is 2.05. The minimum Gasteiger partial charge on any atom is -0.350 e. The van der Waals surface area contributed by atoms with E-state index in [4.69, 9.17) is 0 Å². The number of carbonyl (C=O) groups excluding carboxylic acids is 1. The third-order valence-corrected chi connectivity index (χ3v) is 2.44. The first-order valence-corrected chi connectivity index (χ1v) is 5.41. The Morgan fingerprint density at radius 1 is 1.35 bits per heavy atom. The van der Waals surface area contributed by atoms with Gasteiger partial charge in [-0.15, -0.1) is 5.10 Å². The van der Waals surface area contributed by atoms with Crippen molar-refractivity contribution in [1.29, 1.82) is 0 Å². The van der Waals surface area contributed by atoms with Crippen LogP contribution in [0.25, 0.3) is 0 Å². The maximum absolute atomic E-state index is 11.6. The Kier molecular flexibility index (Phi) is 3.49. The Bertz CT molecular complexity index is 492. The third-order valence-electron chi connectivity index (χ3n) is 2.44. The van der Waals surface area contributed by atoms with Crippen molar-refractivity contribution in [2.24, 2.45) is 0 Å². The van der Waals surface area contributed by atoms with E-state index in [0.717, 1.165) is 11.3 Å². The van der Waals surface area contributed by atoms with Crippen LogP contribution >= 0.6 is 0 Å². The van der Waals surface area contributed by atoms with E-state index in [9.17, 15) is 4.79 Å². The molecule has 0 spiro atoms. The summed E-state index contributed by atoms with van der Waals surface area (Å²) in [5.74, 6) is -0.0672. The zero-order valence-electron chi connectivity index (χ0n) is 9.63. The van der Waals surface area contributed by atoms with Crippen molar-refractivity contribution in [1.82, 2.24) is 20.3 Å². The van der Waals surface area contributed by atoms with E-state index in [1.165, 1.54) is 0 Å². The number of nitrogens with one attached hydrogen (secondary N) is 1. The average Bonchev–Trinajstić information content (AvgIpc) is 2.74. The van der Waals surface area contributed by atoms with Gasteiger partial charge in [0.05, 0.1) is 11.9 Å². The Balaban J connectivity index is 1.85. The summed E-state index contributed by atoms with van der Waals surface area (Å²) in [5, 5.41) is 10.4. The largest absolute Gasteiger partial charge is 0.350 e. The van der Waals surface area contributed by atoms with E-state index < -0.39 is 0 Å². The van der Waals surface area contributed by atoms with Crippen LogP contribution in [0.4, 0.5) is 0 Å². The number of benzene rings is 1. The number of rotatable bonds is 4. The normalized spacial score (nSPS) is 10.2. The number of nitrogens with zero attached hydrogens (tertiary/aromatic N) is 3. The molecule has 0 aliphatic rings. The summed E-state index contributed by atoms with van der Waals surface area (Å²) in [6.07, 6.45) is 1.63. The lowest BCUT2D eigenvalue weighted by Gasteiger charge is -2.05. The second-order valence-electron chi connectivity index (χ2n) is 3.80. The SMILES string of the molecule is Cc1cnnn1CC(=O)NCc1ccccc1. The van der Waals surface area contributed by atoms with Crippen molar-refractivity contribution in [2.75, 3.05) is 0 Å². The zero-order valence-corrected chi connectivity index (χ0v) is 9.63. The fourth-order valence-electron chi connectivity index (χ4n) is 1.45. The van der Waals surface area contributed by atoms with Gasteiger partial charge in [-0.3, -0.25) is 4.79 Å². The number of amides is 1. The van der Waals surface area contributed by atoms with Crippen molar-refractivity contribution in [3.05, 3.63) is 47.8 Å². The first-order chi connectivity index (χ1) is 8.25. The molecule has 1 amide bonds. The van der Waals surface area contributed by atoms with Crippen LogP contribution in [-0.4, -0.2) is 20.9 Å². The fourth-order valence-corrected chi connectivity index (χ4v) is 1.45. The van der Waals surface area contributed by atoms with Crippen molar-refractivity contribution in [3.8, 4) is 0 Å². The zero-order chi connectivity index (χ0) is 12.1. The lowest BCUT2D eigenvalue weighted by Crippen LogP contribution is -2.27. The van der Waals surface area contributed by atoms with E-state index in [-0.39, 0.29) is 12.5 Å². The van der Waals surface area contributed by atoms with Gasteiger partial charge in [0.2, 0.25) is 5.91 Å². The molecule has 5 heteroatoms. The molecular weight excluding hydrogens is 216 g/mol. The summed E-state index contributed by atoms with van der Waals surface area (Å²) in [6.45, 7) is 2.61. The Labute approximate surface area is 99.5 Å². The van der Waals surface area contributed by atoms with Gasteiger partial charge in [0, 0.05) is 6.54 Å². The van der Waals surface area contributed by atoms with Gasteiger partial charge in [-0.1, -0.05) is 35.5 Å². The number of aromatic nitrogens is 3.